The molecule has 0 aromatic heterocycles. The van der Waals surface area contributed by atoms with Gasteiger partial charge in [-0.1, -0.05) is 29.3 Å². The van der Waals surface area contributed by atoms with Gasteiger partial charge in [-0.25, -0.2) is 0 Å². The summed E-state index contributed by atoms with van der Waals surface area (Å²) >= 11 is 17.2. The molecule has 1 aliphatic heterocycles. The van der Waals surface area contributed by atoms with Gasteiger partial charge >= 0.3 is 0 Å². The van der Waals surface area contributed by atoms with Gasteiger partial charge in [-0.3, -0.25) is 19.8 Å². The molecule has 0 aliphatic carbocycles. The first-order valence-corrected chi connectivity index (χ1v) is 8.99. The van der Waals surface area contributed by atoms with Crippen LogP contribution in [0, 0.1) is 6.92 Å². The lowest BCUT2D eigenvalue weighted by molar-refractivity contribution is -0.122. The third kappa shape index (κ3) is 3.98. The molecule has 2 aromatic rings. The number of amides is 2. The predicted molar refractivity (Wildman–Crippen MR) is 110 cm³/mol. The van der Waals surface area contributed by atoms with Crippen LogP contribution in [0.5, 0.6) is 5.75 Å². The van der Waals surface area contributed by atoms with Crippen molar-refractivity contribution in [1.29, 1.82) is 0 Å². The Bertz CT molecular complexity index is 984. The summed E-state index contributed by atoms with van der Waals surface area (Å²) in [5, 5.41) is 3.18. The van der Waals surface area contributed by atoms with Crippen molar-refractivity contribution < 1.29 is 14.3 Å². The summed E-state index contributed by atoms with van der Waals surface area (Å²) in [5.74, 6) is -0.411. The van der Waals surface area contributed by atoms with E-state index in [2.05, 4.69) is 5.32 Å². The lowest BCUT2D eigenvalue weighted by atomic mass is 10.0. The molecule has 3 rings (SSSR count). The van der Waals surface area contributed by atoms with E-state index in [9.17, 15) is 9.59 Å². The number of aryl methyl sites for hydroxylation is 1. The molecule has 0 unspecified atom stereocenters. The number of hydrogen-bond donors (Lipinski definition) is 1. The number of carbonyl (C=O) groups excluding carboxylic acids is 2. The van der Waals surface area contributed by atoms with Gasteiger partial charge in [0, 0.05) is 10.0 Å². The SMILES string of the molecule is COc1ccc(C=C2C(=O)NC(=S)N(c3cc(Cl)cc(Cl)c3)C2=O)cc1C. The van der Waals surface area contributed by atoms with Gasteiger partial charge < -0.3 is 4.74 Å². The highest BCUT2D eigenvalue weighted by Gasteiger charge is 2.34. The van der Waals surface area contributed by atoms with Crippen molar-refractivity contribution in [3.05, 3.63) is 63.1 Å². The van der Waals surface area contributed by atoms with Crippen molar-refractivity contribution in [2.24, 2.45) is 0 Å². The van der Waals surface area contributed by atoms with Crippen LogP contribution in [0.1, 0.15) is 11.1 Å². The molecule has 1 fully saturated rings. The molecule has 5 nitrogen and oxygen atoms in total. The van der Waals surface area contributed by atoms with E-state index in [1.807, 2.05) is 13.0 Å². The van der Waals surface area contributed by atoms with Crippen molar-refractivity contribution in [2.75, 3.05) is 12.0 Å². The molecule has 1 heterocycles. The first kappa shape index (κ1) is 19.4. The van der Waals surface area contributed by atoms with Crippen LogP contribution in [0.3, 0.4) is 0 Å². The quantitative estimate of drug-likeness (QED) is 0.460. The third-order valence-corrected chi connectivity index (χ3v) is 4.66. The van der Waals surface area contributed by atoms with Gasteiger partial charge in [0.1, 0.15) is 11.3 Å². The maximum atomic E-state index is 13.0. The minimum atomic E-state index is -0.567. The molecule has 1 aliphatic rings. The molecule has 0 saturated carbocycles. The van der Waals surface area contributed by atoms with Gasteiger partial charge in [0.25, 0.3) is 11.8 Å². The fraction of sp³-hybridized carbons (Fsp3) is 0.105. The number of rotatable bonds is 3. The number of ether oxygens (including phenoxy) is 1. The predicted octanol–water partition coefficient (Wildman–Crippen LogP) is 4.14. The smallest absolute Gasteiger partial charge is 0.270 e. The Balaban J connectivity index is 2.03. The molecule has 0 radical (unpaired) electrons. The number of anilines is 1. The molecule has 1 N–H and O–H groups in total. The van der Waals surface area contributed by atoms with Crippen LogP contribution in [-0.2, 0) is 9.59 Å². The molecule has 1 saturated heterocycles. The van der Waals surface area contributed by atoms with E-state index in [-0.39, 0.29) is 10.7 Å². The molecule has 27 heavy (non-hydrogen) atoms. The average molecular weight is 421 g/mol. The van der Waals surface area contributed by atoms with E-state index in [4.69, 9.17) is 40.2 Å². The first-order chi connectivity index (χ1) is 12.8. The van der Waals surface area contributed by atoms with Crippen molar-refractivity contribution in [1.82, 2.24) is 5.32 Å². The highest BCUT2D eigenvalue weighted by Crippen LogP contribution is 2.29. The minimum Gasteiger partial charge on any atom is -0.496 e. The largest absolute Gasteiger partial charge is 0.496 e. The fourth-order valence-electron chi connectivity index (χ4n) is 2.72. The van der Waals surface area contributed by atoms with E-state index in [1.165, 1.54) is 11.0 Å². The second-order valence-corrected chi connectivity index (χ2v) is 7.07. The maximum absolute atomic E-state index is 13.0. The molecule has 0 spiro atoms. The van der Waals surface area contributed by atoms with Gasteiger partial charge in [0.2, 0.25) is 0 Å². The average Bonchev–Trinajstić information content (AvgIpc) is 2.57. The molecular formula is C19H14Cl2N2O3S. The van der Waals surface area contributed by atoms with E-state index in [0.29, 0.717) is 27.0 Å². The standard InChI is InChI=1S/C19H14Cl2N2O3S/c1-10-5-11(3-4-16(10)26-2)6-15-17(24)22-19(27)23(18(15)25)14-8-12(20)7-13(21)9-14/h3-9H,1-2H3,(H,22,24,27). The molecular weight excluding hydrogens is 407 g/mol. The Morgan fingerprint density at radius 3 is 2.37 bits per heavy atom. The number of benzene rings is 2. The van der Waals surface area contributed by atoms with E-state index >= 15 is 0 Å². The van der Waals surface area contributed by atoms with Crippen LogP contribution in [0.25, 0.3) is 6.08 Å². The van der Waals surface area contributed by atoms with Crippen LogP contribution in [0.4, 0.5) is 5.69 Å². The number of nitrogens with zero attached hydrogens (tertiary/aromatic N) is 1. The zero-order valence-corrected chi connectivity index (χ0v) is 16.7. The number of halogens is 2. The monoisotopic (exact) mass is 420 g/mol. The Hall–Kier alpha value is -2.41. The van der Waals surface area contributed by atoms with E-state index in [0.717, 1.165) is 5.56 Å². The van der Waals surface area contributed by atoms with Crippen molar-refractivity contribution >= 4 is 64.1 Å². The summed E-state index contributed by atoms with van der Waals surface area (Å²) in [6.45, 7) is 1.87. The number of hydrogen-bond acceptors (Lipinski definition) is 4. The summed E-state index contributed by atoms with van der Waals surface area (Å²) in [5.41, 5.74) is 1.89. The van der Waals surface area contributed by atoms with Crippen LogP contribution in [0.2, 0.25) is 10.0 Å². The highest BCUT2D eigenvalue weighted by molar-refractivity contribution is 7.80. The molecule has 0 atom stereocenters. The minimum absolute atomic E-state index is 0.0357. The summed E-state index contributed by atoms with van der Waals surface area (Å²) in [7, 11) is 1.58. The molecule has 2 amide bonds. The van der Waals surface area contributed by atoms with E-state index < -0.39 is 11.8 Å². The molecule has 138 valence electrons. The van der Waals surface area contributed by atoms with Crippen LogP contribution in [0.15, 0.2) is 42.0 Å². The Kier molecular flexibility index (Phi) is 5.51. The van der Waals surface area contributed by atoms with Crippen LogP contribution in [-0.4, -0.2) is 24.0 Å². The maximum Gasteiger partial charge on any atom is 0.270 e. The number of methoxy groups -OCH3 is 1. The van der Waals surface area contributed by atoms with E-state index in [1.54, 1.807) is 37.4 Å². The summed E-state index contributed by atoms with van der Waals surface area (Å²) < 4.78 is 5.23. The Morgan fingerprint density at radius 2 is 1.78 bits per heavy atom. The van der Waals surface area contributed by atoms with Gasteiger partial charge in [-0.2, -0.15) is 0 Å². The second kappa shape index (κ2) is 7.68. The zero-order valence-electron chi connectivity index (χ0n) is 14.4. The summed E-state index contributed by atoms with van der Waals surface area (Å²) in [4.78, 5) is 26.5. The first-order valence-electron chi connectivity index (χ1n) is 7.82. The highest BCUT2D eigenvalue weighted by atomic mass is 35.5. The lowest BCUT2D eigenvalue weighted by Gasteiger charge is -2.29. The summed E-state index contributed by atoms with van der Waals surface area (Å²) in [6.07, 6.45) is 1.50. The van der Waals surface area contributed by atoms with Crippen molar-refractivity contribution in [2.45, 2.75) is 6.92 Å². The number of thiocarbonyl (C=S) groups is 1. The topological polar surface area (TPSA) is 58.6 Å². The lowest BCUT2D eigenvalue weighted by Crippen LogP contribution is -2.54. The Labute approximate surface area is 171 Å². The molecule has 8 heteroatoms. The number of carbonyl (C=O) groups is 2. The van der Waals surface area contributed by atoms with Crippen molar-refractivity contribution in [3.8, 4) is 5.75 Å². The fourth-order valence-corrected chi connectivity index (χ4v) is 3.51. The second-order valence-electron chi connectivity index (χ2n) is 5.81. The van der Waals surface area contributed by atoms with Gasteiger partial charge in [-0.05, 0) is 66.7 Å². The van der Waals surface area contributed by atoms with Crippen LogP contribution >= 0.6 is 35.4 Å². The van der Waals surface area contributed by atoms with Crippen molar-refractivity contribution in [3.63, 3.8) is 0 Å². The normalized spacial score (nSPS) is 15.9. The van der Waals surface area contributed by atoms with Crippen LogP contribution < -0.4 is 15.0 Å². The van der Waals surface area contributed by atoms with Gasteiger partial charge in [-0.15, -0.1) is 0 Å². The third-order valence-electron chi connectivity index (χ3n) is 3.94. The summed E-state index contributed by atoms with van der Waals surface area (Å²) in [6, 6.07) is 9.98. The number of nitrogens with one attached hydrogen (secondary N) is 1. The molecule has 0 bridgehead atoms. The Morgan fingerprint density at radius 1 is 1.11 bits per heavy atom. The van der Waals surface area contributed by atoms with Gasteiger partial charge in [0.05, 0.1) is 12.8 Å². The zero-order chi connectivity index (χ0) is 19.7. The molecule has 2 aromatic carbocycles. The van der Waals surface area contributed by atoms with Gasteiger partial charge in [0.15, 0.2) is 5.11 Å².